The first-order chi connectivity index (χ1) is 13.9. The number of nitrogens with one attached hydrogen (secondary N) is 1. The predicted octanol–water partition coefficient (Wildman–Crippen LogP) is 4.22. The fourth-order valence-corrected chi connectivity index (χ4v) is 3.14. The molecule has 0 radical (unpaired) electrons. The van der Waals surface area contributed by atoms with Gasteiger partial charge in [-0.1, -0.05) is 30.3 Å². The molecule has 2 aromatic rings. The maximum atomic E-state index is 12.4. The van der Waals surface area contributed by atoms with Crippen molar-refractivity contribution < 1.29 is 14.3 Å². The summed E-state index contributed by atoms with van der Waals surface area (Å²) in [6.07, 6.45) is 0.864. The van der Waals surface area contributed by atoms with E-state index in [-0.39, 0.29) is 11.9 Å². The Bertz CT molecular complexity index is 770. The van der Waals surface area contributed by atoms with Gasteiger partial charge in [-0.05, 0) is 70.4 Å². The van der Waals surface area contributed by atoms with Crippen molar-refractivity contribution in [2.24, 2.45) is 0 Å². The Morgan fingerprint density at radius 3 is 2.17 bits per heavy atom. The minimum absolute atomic E-state index is 0.00258. The second kappa shape index (κ2) is 11.2. The summed E-state index contributed by atoms with van der Waals surface area (Å²) in [5.41, 5.74) is 2.74. The standard InChI is InChI=1S/C24H32N2O3/c1-5-26(6-2)22-16-14-21(15-17-22)24(28)29-19(4)23(27)25-18(3)12-13-20-10-8-7-9-11-20/h7-11,14-19H,5-6,12-13H2,1-4H3,(H,25,27)/t18-,19-/m1/s1. The number of carbonyl (C=O) groups is 2. The van der Waals surface area contributed by atoms with E-state index in [4.69, 9.17) is 4.74 Å². The van der Waals surface area contributed by atoms with Gasteiger partial charge in [-0.15, -0.1) is 0 Å². The molecule has 29 heavy (non-hydrogen) atoms. The van der Waals surface area contributed by atoms with Gasteiger partial charge in [0.25, 0.3) is 5.91 Å². The van der Waals surface area contributed by atoms with E-state index in [1.54, 1.807) is 19.1 Å². The molecule has 5 heteroatoms. The van der Waals surface area contributed by atoms with Crippen LogP contribution in [0.2, 0.25) is 0 Å². The highest BCUT2D eigenvalue weighted by Gasteiger charge is 2.20. The molecule has 0 aliphatic heterocycles. The monoisotopic (exact) mass is 396 g/mol. The molecule has 0 heterocycles. The summed E-state index contributed by atoms with van der Waals surface area (Å²) in [4.78, 5) is 26.9. The minimum atomic E-state index is -0.843. The van der Waals surface area contributed by atoms with Gasteiger partial charge >= 0.3 is 5.97 Å². The Balaban J connectivity index is 1.82. The Labute approximate surface area is 174 Å². The highest BCUT2D eigenvalue weighted by atomic mass is 16.5. The summed E-state index contributed by atoms with van der Waals surface area (Å²) in [5.74, 6) is -0.769. The maximum absolute atomic E-state index is 12.4. The van der Waals surface area contributed by atoms with E-state index in [1.165, 1.54) is 5.56 Å². The van der Waals surface area contributed by atoms with Gasteiger partial charge in [-0.3, -0.25) is 4.79 Å². The van der Waals surface area contributed by atoms with Gasteiger partial charge in [0.2, 0.25) is 0 Å². The van der Waals surface area contributed by atoms with Gasteiger partial charge < -0.3 is 15.0 Å². The lowest BCUT2D eigenvalue weighted by Crippen LogP contribution is -2.41. The van der Waals surface area contributed by atoms with E-state index in [9.17, 15) is 9.59 Å². The molecule has 0 saturated heterocycles. The molecule has 2 atom stereocenters. The molecule has 0 aromatic heterocycles. The summed E-state index contributed by atoms with van der Waals surface area (Å²) < 4.78 is 5.35. The highest BCUT2D eigenvalue weighted by molar-refractivity contribution is 5.92. The quantitative estimate of drug-likeness (QED) is 0.611. The minimum Gasteiger partial charge on any atom is -0.449 e. The number of benzene rings is 2. The molecular formula is C24H32N2O3. The van der Waals surface area contributed by atoms with Crippen molar-refractivity contribution in [3.05, 3.63) is 65.7 Å². The van der Waals surface area contributed by atoms with Crippen molar-refractivity contribution >= 4 is 17.6 Å². The largest absolute Gasteiger partial charge is 0.449 e. The van der Waals surface area contributed by atoms with Crippen LogP contribution in [0.1, 0.15) is 50.0 Å². The number of ether oxygens (including phenoxy) is 1. The number of carbonyl (C=O) groups excluding carboxylic acids is 2. The van der Waals surface area contributed by atoms with Gasteiger partial charge in [0.05, 0.1) is 5.56 Å². The number of anilines is 1. The Morgan fingerprint density at radius 2 is 1.59 bits per heavy atom. The lowest BCUT2D eigenvalue weighted by atomic mass is 10.1. The average Bonchev–Trinajstić information content (AvgIpc) is 2.74. The van der Waals surface area contributed by atoms with Gasteiger partial charge in [0, 0.05) is 24.8 Å². The molecule has 0 bridgehead atoms. The Kier molecular flexibility index (Phi) is 8.71. The number of hydrogen-bond acceptors (Lipinski definition) is 4. The highest BCUT2D eigenvalue weighted by Crippen LogP contribution is 2.16. The molecule has 0 aliphatic carbocycles. The van der Waals surface area contributed by atoms with Gasteiger partial charge in [0.1, 0.15) is 0 Å². The zero-order chi connectivity index (χ0) is 21.2. The first-order valence-electron chi connectivity index (χ1n) is 10.3. The number of aryl methyl sites for hydroxylation is 1. The smallest absolute Gasteiger partial charge is 0.338 e. The maximum Gasteiger partial charge on any atom is 0.338 e. The van der Waals surface area contributed by atoms with Crippen LogP contribution in [-0.2, 0) is 16.0 Å². The van der Waals surface area contributed by atoms with E-state index < -0.39 is 12.1 Å². The number of nitrogens with zero attached hydrogens (tertiary/aromatic N) is 1. The van der Waals surface area contributed by atoms with E-state index in [0.717, 1.165) is 31.6 Å². The van der Waals surface area contributed by atoms with Crippen LogP contribution in [-0.4, -0.2) is 37.1 Å². The molecule has 156 valence electrons. The number of rotatable bonds is 10. The molecule has 5 nitrogen and oxygen atoms in total. The Hall–Kier alpha value is -2.82. The third-order valence-corrected chi connectivity index (χ3v) is 4.98. The van der Waals surface area contributed by atoms with Crippen molar-refractivity contribution in [1.29, 1.82) is 0 Å². The number of esters is 1. The van der Waals surface area contributed by atoms with Crippen molar-refractivity contribution in [2.45, 2.75) is 52.7 Å². The van der Waals surface area contributed by atoms with E-state index in [2.05, 4.69) is 36.2 Å². The van der Waals surface area contributed by atoms with E-state index >= 15 is 0 Å². The van der Waals surface area contributed by atoms with Crippen LogP contribution in [0.3, 0.4) is 0 Å². The van der Waals surface area contributed by atoms with Crippen LogP contribution in [0.15, 0.2) is 54.6 Å². The topological polar surface area (TPSA) is 58.6 Å². The average molecular weight is 397 g/mol. The third-order valence-electron chi connectivity index (χ3n) is 4.98. The third kappa shape index (κ3) is 6.93. The van der Waals surface area contributed by atoms with Crippen molar-refractivity contribution in [3.8, 4) is 0 Å². The molecule has 0 fully saturated rings. The zero-order valence-electron chi connectivity index (χ0n) is 17.9. The summed E-state index contributed by atoms with van der Waals surface area (Å²) in [6.45, 7) is 9.54. The van der Waals surface area contributed by atoms with Gasteiger partial charge in [-0.25, -0.2) is 4.79 Å². The fraction of sp³-hybridized carbons (Fsp3) is 0.417. The normalized spacial score (nSPS) is 12.7. The molecule has 2 rings (SSSR count). The lowest BCUT2D eigenvalue weighted by Gasteiger charge is -2.21. The molecule has 2 aromatic carbocycles. The summed E-state index contributed by atoms with van der Waals surface area (Å²) in [6, 6.07) is 17.4. The second-order valence-corrected chi connectivity index (χ2v) is 7.20. The van der Waals surface area contributed by atoms with E-state index in [0.29, 0.717) is 5.56 Å². The molecule has 0 spiro atoms. The van der Waals surface area contributed by atoms with Crippen LogP contribution in [0.25, 0.3) is 0 Å². The Morgan fingerprint density at radius 1 is 0.966 bits per heavy atom. The summed E-state index contributed by atoms with van der Waals surface area (Å²) in [5, 5.41) is 2.92. The molecule has 1 amide bonds. The first-order valence-corrected chi connectivity index (χ1v) is 10.3. The lowest BCUT2D eigenvalue weighted by molar-refractivity contribution is -0.129. The molecular weight excluding hydrogens is 364 g/mol. The van der Waals surface area contributed by atoms with Crippen LogP contribution < -0.4 is 10.2 Å². The van der Waals surface area contributed by atoms with Crippen molar-refractivity contribution in [1.82, 2.24) is 5.32 Å². The van der Waals surface area contributed by atoms with Gasteiger partial charge in [-0.2, -0.15) is 0 Å². The second-order valence-electron chi connectivity index (χ2n) is 7.20. The van der Waals surface area contributed by atoms with Crippen LogP contribution in [0, 0.1) is 0 Å². The summed E-state index contributed by atoms with van der Waals surface area (Å²) in [7, 11) is 0. The summed E-state index contributed by atoms with van der Waals surface area (Å²) >= 11 is 0. The van der Waals surface area contributed by atoms with Crippen LogP contribution in [0.5, 0.6) is 0 Å². The van der Waals surface area contributed by atoms with Crippen molar-refractivity contribution in [2.75, 3.05) is 18.0 Å². The zero-order valence-corrected chi connectivity index (χ0v) is 17.9. The number of amides is 1. The molecule has 0 aliphatic rings. The van der Waals surface area contributed by atoms with Crippen LogP contribution >= 0.6 is 0 Å². The van der Waals surface area contributed by atoms with Gasteiger partial charge in [0.15, 0.2) is 6.10 Å². The molecule has 1 N–H and O–H groups in total. The fourth-order valence-electron chi connectivity index (χ4n) is 3.14. The van der Waals surface area contributed by atoms with Crippen LogP contribution in [0.4, 0.5) is 5.69 Å². The first kappa shape index (κ1) is 22.5. The predicted molar refractivity (Wildman–Crippen MR) is 117 cm³/mol. The molecule has 0 unspecified atom stereocenters. The van der Waals surface area contributed by atoms with E-state index in [1.807, 2.05) is 37.3 Å². The SMILES string of the molecule is CCN(CC)c1ccc(C(=O)O[C@H](C)C(=O)N[C@H](C)CCc2ccccc2)cc1. The number of hydrogen-bond donors (Lipinski definition) is 1. The van der Waals surface area contributed by atoms with Crippen molar-refractivity contribution in [3.63, 3.8) is 0 Å². The molecule has 0 saturated carbocycles.